The van der Waals surface area contributed by atoms with E-state index in [2.05, 4.69) is 22.8 Å². The summed E-state index contributed by atoms with van der Waals surface area (Å²) in [6, 6.07) is 5.53. The van der Waals surface area contributed by atoms with E-state index in [1.54, 1.807) is 24.3 Å². The Morgan fingerprint density at radius 1 is 1.28 bits per heavy atom. The summed E-state index contributed by atoms with van der Waals surface area (Å²) in [6.07, 6.45) is 6.64. The minimum atomic E-state index is -0.385. The van der Waals surface area contributed by atoms with Gasteiger partial charge in [0, 0.05) is 23.6 Å². The highest BCUT2D eigenvalue weighted by molar-refractivity contribution is 6.31. The van der Waals surface area contributed by atoms with Crippen LogP contribution >= 0.6 is 11.6 Å². The zero-order chi connectivity index (χ0) is 17.6. The molecule has 1 atom stereocenters. The molecule has 1 aromatic rings. The number of fused-ring (bicyclic) bond motifs is 3. The smallest absolute Gasteiger partial charge is 0.233 e. The zero-order valence-electron chi connectivity index (χ0n) is 13.4. The van der Waals surface area contributed by atoms with Crippen molar-refractivity contribution >= 4 is 34.5 Å². The second-order valence-electron chi connectivity index (χ2n) is 5.98. The average molecular weight is 357 g/mol. The lowest BCUT2D eigenvalue weighted by molar-refractivity contribution is -0.377. The highest BCUT2D eigenvalue weighted by Crippen LogP contribution is 2.37. The first kappa shape index (κ1) is 15.6. The summed E-state index contributed by atoms with van der Waals surface area (Å²) in [4.78, 5) is 1.54. The van der Waals surface area contributed by atoms with Crippen LogP contribution in [0.4, 0.5) is 11.4 Å². The van der Waals surface area contributed by atoms with E-state index < -0.39 is 0 Å². The Morgan fingerprint density at radius 3 is 2.88 bits per heavy atom. The molecule has 3 aliphatic rings. The van der Waals surface area contributed by atoms with Crippen molar-refractivity contribution in [2.24, 2.45) is 11.0 Å². The SMILES string of the molecule is CC1CNc2cc(Cl)ccc2N2C1=NNC2=C1C=CC=CC1=[N+]([O-])[O-]. The van der Waals surface area contributed by atoms with Gasteiger partial charge in [-0.2, -0.15) is 10.0 Å². The van der Waals surface area contributed by atoms with E-state index >= 15 is 0 Å². The minimum Gasteiger partial charge on any atom is -0.612 e. The third kappa shape index (κ3) is 2.53. The van der Waals surface area contributed by atoms with Crippen molar-refractivity contribution in [1.29, 1.82) is 0 Å². The van der Waals surface area contributed by atoms with Gasteiger partial charge in [0.1, 0.15) is 11.7 Å². The third-order valence-electron chi connectivity index (χ3n) is 4.32. The fourth-order valence-electron chi connectivity index (χ4n) is 3.11. The highest BCUT2D eigenvalue weighted by atomic mass is 35.5. The molecule has 1 unspecified atom stereocenters. The number of benzene rings is 1. The second-order valence-corrected chi connectivity index (χ2v) is 6.42. The Hall–Kier alpha value is -2.93. The lowest BCUT2D eigenvalue weighted by Gasteiger charge is -2.24. The van der Waals surface area contributed by atoms with Crippen molar-refractivity contribution in [2.45, 2.75) is 6.92 Å². The number of hydrogen-bond donors (Lipinski definition) is 2. The van der Waals surface area contributed by atoms with Crippen LogP contribution in [0, 0.1) is 16.3 Å². The molecule has 0 bridgehead atoms. The van der Waals surface area contributed by atoms with Crippen LogP contribution in [0.15, 0.2) is 59.0 Å². The predicted octanol–water partition coefficient (Wildman–Crippen LogP) is 2.91. The number of hydrazone groups is 1. The molecule has 128 valence electrons. The number of amidine groups is 1. The number of hydrogen-bond acceptors (Lipinski definition) is 6. The van der Waals surface area contributed by atoms with Gasteiger partial charge in [0.25, 0.3) is 0 Å². The Balaban J connectivity index is 1.92. The van der Waals surface area contributed by atoms with Crippen molar-refractivity contribution in [1.82, 2.24) is 5.43 Å². The quantitative estimate of drug-likeness (QED) is 0.551. The van der Waals surface area contributed by atoms with Gasteiger partial charge in [0.05, 0.1) is 16.9 Å². The molecule has 2 N–H and O–H groups in total. The molecule has 0 saturated carbocycles. The van der Waals surface area contributed by atoms with Crippen LogP contribution in [0.5, 0.6) is 0 Å². The van der Waals surface area contributed by atoms with E-state index in [0.717, 1.165) is 17.2 Å². The van der Waals surface area contributed by atoms with Gasteiger partial charge in [-0.1, -0.05) is 30.7 Å². The van der Waals surface area contributed by atoms with Crippen molar-refractivity contribution in [2.75, 3.05) is 16.8 Å². The summed E-state index contributed by atoms with van der Waals surface area (Å²) in [5.74, 6) is 1.49. The number of nitrogens with zero attached hydrogens (tertiary/aromatic N) is 3. The van der Waals surface area contributed by atoms with Crippen molar-refractivity contribution in [3.05, 3.63) is 69.3 Å². The maximum Gasteiger partial charge on any atom is 0.233 e. The molecule has 0 spiro atoms. The van der Waals surface area contributed by atoms with Crippen LogP contribution in [0.3, 0.4) is 0 Å². The fraction of sp³-hybridized carbons (Fsp3) is 0.176. The summed E-state index contributed by atoms with van der Waals surface area (Å²) in [5, 5.41) is 31.3. The largest absolute Gasteiger partial charge is 0.612 e. The van der Waals surface area contributed by atoms with E-state index in [1.165, 1.54) is 6.08 Å². The standard InChI is InChI=1S/C17H15ClN5O2/c1-10-9-19-13-8-11(18)6-7-15(13)22-16(10)20-21-17(22)12-4-2-3-5-14(12)23(24)25/h2-8,10,19,21H,9H2,1H3/q-1. The van der Waals surface area contributed by atoms with E-state index in [0.29, 0.717) is 23.0 Å². The molecule has 7 nitrogen and oxygen atoms in total. The normalized spacial score (nSPS) is 24.1. The average Bonchev–Trinajstić information content (AvgIpc) is 2.99. The Bertz CT molecular complexity index is 896. The summed E-state index contributed by atoms with van der Waals surface area (Å²) in [5.41, 5.74) is 5.22. The van der Waals surface area contributed by atoms with Crippen molar-refractivity contribution < 1.29 is 4.90 Å². The van der Waals surface area contributed by atoms with Gasteiger partial charge in [0.2, 0.25) is 5.71 Å². The predicted molar refractivity (Wildman–Crippen MR) is 99.5 cm³/mol. The molecule has 1 aliphatic carbocycles. The van der Waals surface area contributed by atoms with Crippen LogP contribution in [0.1, 0.15) is 6.92 Å². The van der Waals surface area contributed by atoms with Gasteiger partial charge in [-0.25, -0.2) is 0 Å². The maximum atomic E-state index is 11.4. The topological polar surface area (TPSA) is 88.8 Å². The summed E-state index contributed by atoms with van der Waals surface area (Å²) >= 11 is 6.13. The van der Waals surface area contributed by atoms with Crippen molar-refractivity contribution in [3.63, 3.8) is 0 Å². The molecule has 4 rings (SSSR count). The van der Waals surface area contributed by atoms with Crippen LogP contribution in [-0.2, 0) is 0 Å². The van der Waals surface area contributed by atoms with Crippen LogP contribution in [-0.4, -0.2) is 23.0 Å². The van der Waals surface area contributed by atoms with Crippen LogP contribution < -0.4 is 15.6 Å². The monoisotopic (exact) mass is 356 g/mol. The van der Waals surface area contributed by atoms with Crippen LogP contribution in [0.2, 0.25) is 5.02 Å². The van der Waals surface area contributed by atoms with Gasteiger partial charge in [-0.15, -0.1) is 0 Å². The number of allylic oxidation sites excluding steroid dienone is 5. The van der Waals surface area contributed by atoms with Gasteiger partial charge in [-0.3, -0.25) is 10.3 Å². The maximum absolute atomic E-state index is 11.4. The molecule has 2 heterocycles. The molecular formula is C17H15ClN5O2-. The first-order valence-electron chi connectivity index (χ1n) is 7.84. The number of rotatable bonds is 0. The number of anilines is 2. The second kappa shape index (κ2) is 5.86. The summed E-state index contributed by atoms with van der Waals surface area (Å²) < 4.78 is 0. The first-order valence-corrected chi connectivity index (χ1v) is 8.22. The molecule has 25 heavy (non-hydrogen) atoms. The molecule has 0 aromatic heterocycles. The molecule has 0 fully saturated rings. The first-order chi connectivity index (χ1) is 12.1. The molecule has 0 amide bonds. The zero-order valence-corrected chi connectivity index (χ0v) is 14.1. The van der Waals surface area contributed by atoms with Gasteiger partial charge in [0.15, 0.2) is 0 Å². The highest BCUT2D eigenvalue weighted by Gasteiger charge is 2.35. The third-order valence-corrected chi connectivity index (χ3v) is 4.56. The molecule has 0 saturated heterocycles. The minimum absolute atomic E-state index is 0.0295. The van der Waals surface area contributed by atoms with Gasteiger partial charge in [-0.05, 0) is 24.3 Å². The fourth-order valence-corrected chi connectivity index (χ4v) is 3.28. The van der Waals surface area contributed by atoms with Gasteiger partial charge >= 0.3 is 0 Å². The number of nitrogens with one attached hydrogen (secondary N) is 2. The van der Waals surface area contributed by atoms with Gasteiger partial charge < -0.3 is 15.7 Å². The van der Waals surface area contributed by atoms with E-state index in [4.69, 9.17) is 11.6 Å². The molecule has 2 aliphatic heterocycles. The van der Waals surface area contributed by atoms with E-state index in [-0.39, 0.29) is 16.5 Å². The number of halogens is 1. The van der Waals surface area contributed by atoms with E-state index in [1.807, 2.05) is 17.0 Å². The molecule has 0 radical (unpaired) electrons. The summed E-state index contributed by atoms with van der Waals surface area (Å²) in [7, 11) is 0. The summed E-state index contributed by atoms with van der Waals surface area (Å²) in [6.45, 7) is 2.74. The molecular weight excluding hydrogens is 342 g/mol. The van der Waals surface area contributed by atoms with E-state index in [9.17, 15) is 10.4 Å². The lowest BCUT2D eigenvalue weighted by Crippen LogP contribution is -2.33. The lowest BCUT2D eigenvalue weighted by atomic mass is 10.0. The molecule has 8 heteroatoms. The Labute approximate surface area is 149 Å². The Kier molecular flexibility index (Phi) is 3.65. The molecule has 1 aromatic carbocycles. The Morgan fingerprint density at radius 2 is 2.08 bits per heavy atom. The van der Waals surface area contributed by atoms with Crippen LogP contribution in [0.25, 0.3) is 0 Å². The van der Waals surface area contributed by atoms with Crippen molar-refractivity contribution in [3.8, 4) is 0 Å².